The highest BCUT2D eigenvalue weighted by molar-refractivity contribution is 6.32. The average molecular weight is 402 g/mol. The number of hydrogen-bond acceptors (Lipinski definition) is 3. The first-order chi connectivity index (χ1) is 13.2. The van der Waals surface area contributed by atoms with Gasteiger partial charge in [0, 0.05) is 23.1 Å². The van der Waals surface area contributed by atoms with Crippen LogP contribution in [0.4, 0.5) is 0 Å². The predicted molar refractivity (Wildman–Crippen MR) is 107 cm³/mol. The molecule has 6 nitrogen and oxygen atoms in total. The van der Waals surface area contributed by atoms with Crippen LogP contribution in [0.25, 0.3) is 10.9 Å². The summed E-state index contributed by atoms with van der Waals surface area (Å²) in [7, 11) is 0. The maximum atomic E-state index is 11.3. The molecule has 3 aromatic rings. The molecule has 0 spiro atoms. The fourth-order valence-electron chi connectivity index (χ4n) is 3.15. The second kappa shape index (κ2) is 7.56. The number of carboxylic acids is 2. The molecule has 2 aromatic carbocycles. The number of aliphatic carboxylic acids is 1. The van der Waals surface area contributed by atoms with Crippen molar-refractivity contribution >= 4 is 34.4 Å². The van der Waals surface area contributed by atoms with Crippen LogP contribution in [-0.4, -0.2) is 32.8 Å². The van der Waals surface area contributed by atoms with Crippen molar-refractivity contribution in [3.63, 3.8) is 0 Å². The Morgan fingerprint density at radius 3 is 2.46 bits per heavy atom. The zero-order chi connectivity index (χ0) is 20.6. The minimum Gasteiger partial charge on any atom is -0.479 e. The Morgan fingerprint density at radius 1 is 1.14 bits per heavy atom. The molecule has 0 aliphatic rings. The Morgan fingerprint density at radius 2 is 1.86 bits per heavy atom. The second-order valence-electron chi connectivity index (χ2n) is 6.70. The summed E-state index contributed by atoms with van der Waals surface area (Å²) in [6.07, 6.45) is -0.995. The Hall–Kier alpha value is -2.99. The van der Waals surface area contributed by atoms with Gasteiger partial charge in [-0.3, -0.25) is 0 Å². The fraction of sp³-hybridized carbons (Fsp3) is 0.238. The lowest BCUT2D eigenvalue weighted by Gasteiger charge is -2.14. The van der Waals surface area contributed by atoms with E-state index < -0.39 is 18.0 Å². The maximum absolute atomic E-state index is 11.3. The quantitative estimate of drug-likeness (QED) is 0.634. The van der Waals surface area contributed by atoms with Crippen LogP contribution in [0.15, 0.2) is 36.4 Å². The number of benzene rings is 2. The second-order valence-corrected chi connectivity index (χ2v) is 7.10. The van der Waals surface area contributed by atoms with Gasteiger partial charge in [0.1, 0.15) is 5.75 Å². The minimum atomic E-state index is -1.06. The Labute approximate surface area is 166 Å². The van der Waals surface area contributed by atoms with Gasteiger partial charge in [-0.15, -0.1) is 0 Å². The molecule has 1 aromatic heterocycles. The van der Waals surface area contributed by atoms with Crippen LogP contribution in [0, 0.1) is 13.8 Å². The number of halogens is 1. The van der Waals surface area contributed by atoms with Crippen molar-refractivity contribution in [1.82, 2.24) is 4.57 Å². The van der Waals surface area contributed by atoms with Gasteiger partial charge in [-0.2, -0.15) is 0 Å². The van der Waals surface area contributed by atoms with Gasteiger partial charge >= 0.3 is 11.9 Å². The van der Waals surface area contributed by atoms with E-state index in [-0.39, 0.29) is 5.56 Å². The topological polar surface area (TPSA) is 88.8 Å². The van der Waals surface area contributed by atoms with Crippen LogP contribution in [0.5, 0.6) is 5.75 Å². The van der Waals surface area contributed by atoms with E-state index in [1.165, 1.54) is 6.92 Å². The van der Waals surface area contributed by atoms with E-state index in [9.17, 15) is 14.7 Å². The molecule has 1 heterocycles. The first kappa shape index (κ1) is 19.8. The van der Waals surface area contributed by atoms with E-state index in [0.717, 1.165) is 27.7 Å². The molecule has 0 saturated carbocycles. The first-order valence-electron chi connectivity index (χ1n) is 8.69. The molecule has 0 aliphatic heterocycles. The van der Waals surface area contributed by atoms with E-state index >= 15 is 0 Å². The lowest BCUT2D eigenvalue weighted by atomic mass is 10.1. The van der Waals surface area contributed by atoms with E-state index in [1.807, 2.05) is 26.0 Å². The maximum Gasteiger partial charge on any atom is 0.344 e. The Kier molecular flexibility index (Phi) is 5.34. The van der Waals surface area contributed by atoms with Crippen LogP contribution < -0.4 is 4.74 Å². The summed E-state index contributed by atoms with van der Waals surface area (Å²) in [6.45, 7) is 5.94. The molecular weight excluding hydrogens is 382 g/mol. The van der Waals surface area contributed by atoms with Gasteiger partial charge in [0.05, 0.1) is 10.6 Å². The number of ether oxygens (including phenoxy) is 1. The summed E-state index contributed by atoms with van der Waals surface area (Å²) in [5.74, 6) is -1.70. The highest BCUT2D eigenvalue weighted by Gasteiger charge is 2.16. The normalized spacial score (nSPS) is 12.1. The molecule has 1 atom stereocenters. The van der Waals surface area contributed by atoms with Crippen LogP contribution in [0.3, 0.4) is 0 Å². The summed E-state index contributed by atoms with van der Waals surface area (Å²) in [6, 6.07) is 10.3. The van der Waals surface area contributed by atoms with Gasteiger partial charge < -0.3 is 19.5 Å². The number of hydrogen-bond donors (Lipinski definition) is 2. The lowest BCUT2D eigenvalue weighted by Crippen LogP contribution is -2.23. The molecule has 28 heavy (non-hydrogen) atoms. The monoisotopic (exact) mass is 401 g/mol. The highest BCUT2D eigenvalue weighted by Crippen LogP contribution is 2.30. The largest absolute Gasteiger partial charge is 0.479 e. The smallest absolute Gasteiger partial charge is 0.344 e. The van der Waals surface area contributed by atoms with Crippen LogP contribution in [-0.2, 0) is 11.3 Å². The fourth-order valence-corrected chi connectivity index (χ4v) is 3.40. The van der Waals surface area contributed by atoms with Gasteiger partial charge in [-0.25, -0.2) is 9.59 Å². The minimum absolute atomic E-state index is 0.254. The molecule has 0 bridgehead atoms. The van der Waals surface area contributed by atoms with Crippen molar-refractivity contribution in [3.05, 3.63) is 63.8 Å². The zero-order valence-corrected chi connectivity index (χ0v) is 16.4. The van der Waals surface area contributed by atoms with Crippen LogP contribution in [0.1, 0.15) is 34.1 Å². The van der Waals surface area contributed by atoms with E-state index in [1.54, 1.807) is 24.3 Å². The van der Waals surface area contributed by atoms with E-state index in [4.69, 9.17) is 21.4 Å². The van der Waals surface area contributed by atoms with Gasteiger partial charge in [-0.05, 0) is 62.2 Å². The number of rotatable bonds is 6. The van der Waals surface area contributed by atoms with E-state index in [2.05, 4.69) is 4.57 Å². The third-order valence-electron chi connectivity index (χ3n) is 4.87. The number of carbonyl (C=O) groups is 2. The third-order valence-corrected chi connectivity index (χ3v) is 5.17. The molecule has 0 amide bonds. The Balaban J connectivity index is 1.94. The van der Waals surface area contributed by atoms with Crippen molar-refractivity contribution in [1.29, 1.82) is 0 Å². The number of aryl methyl sites for hydroxylation is 1. The van der Waals surface area contributed by atoms with Crippen molar-refractivity contribution in [2.24, 2.45) is 0 Å². The van der Waals surface area contributed by atoms with Crippen molar-refractivity contribution in [3.8, 4) is 5.75 Å². The molecule has 146 valence electrons. The lowest BCUT2D eigenvalue weighted by molar-refractivity contribution is -0.144. The molecular formula is C21H20ClNO5. The molecule has 0 saturated heterocycles. The summed E-state index contributed by atoms with van der Waals surface area (Å²) in [5.41, 5.74) is 4.18. The molecule has 0 fully saturated rings. The summed E-state index contributed by atoms with van der Waals surface area (Å²) < 4.78 is 7.45. The first-order valence-corrected chi connectivity index (χ1v) is 9.07. The van der Waals surface area contributed by atoms with Crippen LogP contribution in [0.2, 0.25) is 5.02 Å². The van der Waals surface area contributed by atoms with Crippen LogP contribution >= 0.6 is 11.6 Å². The third kappa shape index (κ3) is 3.68. The molecule has 2 N–H and O–H groups in total. The molecule has 3 rings (SSSR count). The molecule has 0 aliphatic carbocycles. The molecule has 7 heteroatoms. The SMILES string of the molecule is Cc1c(C)n(Cc2ccc(O[C@H](C)C(=O)O)c(Cl)c2)c2ccc(C(=O)O)cc12. The van der Waals surface area contributed by atoms with Crippen molar-refractivity contribution in [2.75, 3.05) is 0 Å². The van der Waals surface area contributed by atoms with Gasteiger partial charge in [-0.1, -0.05) is 17.7 Å². The summed E-state index contributed by atoms with van der Waals surface area (Å²) >= 11 is 6.27. The van der Waals surface area contributed by atoms with Gasteiger partial charge in [0.15, 0.2) is 6.10 Å². The number of fused-ring (bicyclic) bond motifs is 1. The Bertz CT molecular complexity index is 1090. The summed E-state index contributed by atoms with van der Waals surface area (Å²) in [4.78, 5) is 22.2. The predicted octanol–water partition coefficient (Wildman–Crippen LogP) is 4.51. The highest BCUT2D eigenvalue weighted by atomic mass is 35.5. The van der Waals surface area contributed by atoms with Crippen molar-refractivity contribution in [2.45, 2.75) is 33.4 Å². The van der Waals surface area contributed by atoms with Crippen molar-refractivity contribution < 1.29 is 24.5 Å². The van der Waals surface area contributed by atoms with Gasteiger partial charge in [0.2, 0.25) is 0 Å². The number of aromatic nitrogens is 1. The number of nitrogens with zero attached hydrogens (tertiary/aromatic N) is 1. The standard InChI is InChI=1S/C21H20ClNO5/c1-11-12(2)23(18-6-5-15(21(26)27)9-16(11)18)10-14-4-7-19(17(22)8-14)28-13(3)20(24)25/h4-9,13H,10H2,1-3H3,(H,24,25)(H,26,27)/t13-/m1/s1. The zero-order valence-electron chi connectivity index (χ0n) is 15.7. The summed E-state index contributed by atoms with van der Waals surface area (Å²) in [5, 5.41) is 19.4. The van der Waals surface area contributed by atoms with E-state index in [0.29, 0.717) is 17.3 Å². The van der Waals surface area contributed by atoms with Gasteiger partial charge in [0.25, 0.3) is 0 Å². The molecule has 0 radical (unpaired) electrons. The molecule has 0 unspecified atom stereocenters. The number of aromatic carboxylic acids is 1. The average Bonchev–Trinajstić information content (AvgIpc) is 2.88. The number of carboxylic acid groups (broad SMARTS) is 2.